The summed E-state index contributed by atoms with van der Waals surface area (Å²) in [6, 6.07) is 4.38. The molecular formula is C17H21BrN4S. The van der Waals surface area contributed by atoms with Gasteiger partial charge in [0.15, 0.2) is 5.13 Å². The van der Waals surface area contributed by atoms with Gasteiger partial charge in [-0.1, -0.05) is 11.3 Å². The Kier molecular flexibility index (Phi) is 5.02. The molecule has 3 heterocycles. The molecular weight excluding hydrogens is 372 g/mol. The molecule has 0 bridgehead atoms. The van der Waals surface area contributed by atoms with E-state index in [1.54, 1.807) is 11.3 Å². The first-order valence-electron chi connectivity index (χ1n) is 7.78. The summed E-state index contributed by atoms with van der Waals surface area (Å²) in [7, 11) is 0. The van der Waals surface area contributed by atoms with Crippen LogP contribution in [0.3, 0.4) is 0 Å². The minimum atomic E-state index is 0.621. The normalized spacial score (nSPS) is 14.9. The van der Waals surface area contributed by atoms with E-state index in [4.69, 9.17) is 5.73 Å². The Labute approximate surface area is 149 Å². The molecule has 2 N–H and O–H groups in total. The van der Waals surface area contributed by atoms with Crippen LogP contribution in [-0.2, 0) is 13.0 Å². The lowest BCUT2D eigenvalue weighted by Gasteiger charge is -2.26. The van der Waals surface area contributed by atoms with Gasteiger partial charge in [-0.15, -0.1) is 0 Å². The van der Waals surface area contributed by atoms with Crippen molar-refractivity contribution in [2.45, 2.75) is 39.7 Å². The molecule has 0 saturated heterocycles. The number of pyridine rings is 1. The number of rotatable bonds is 4. The molecule has 3 rings (SSSR count). The lowest BCUT2D eigenvalue weighted by molar-refractivity contribution is 0.341. The highest BCUT2D eigenvalue weighted by Crippen LogP contribution is 2.28. The van der Waals surface area contributed by atoms with Crippen LogP contribution in [0.1, 0.15) is 34.7 Å². The van der Waals surface area contributed by atoms with Gasteiger partial charge in [0.05, 0.1) is 11.4 Å². The fraction of sp³-hybridized carbons (Fsp3) is 0.412. The summed E-state index contributed by atoms with van der Waals surface area (Å²) < 4.78 is 0.876. The fourth-order valence-electron chi connectivity index (χ4n) is 3.07. The van der Waals surface area contributed by atoms with Crippen LogP contribution in [0.25, 0.3) is 0 Å². The number of nitrogens with two attached hydrogens (primary N) is 1. The summed E-state index contributed by atoms with van der Waals surface area (Å²) in [5.74, 6) is 0. The van der Waals surface area contributed by atoms with Crippen LogP contribution in [0.5, 0.6) is 0 Å². The minimum Gasteiger partial charge on any atom is -0.375 e. The monoisotopic (exact) mass is 392 g/mol. The summed E-state index contributed by atoms with van der Waals surface area (Å²) in [4.78, 5) is 12.3. The van der Waals surface area contributed by atoms with Crippen LogP contribution >= 0.6 is 27.3 Å². The number of aromatic nitrogens is 2. The molecule has 1 aliphatic heterocycles. The summed E-state index contributed by atoms with van der Waals surface area (Å²) in [6.07, 6.45) is 5.69. The first-order chi connectivity index (χ1) is 11.0. The van der Waals surface area contributed by atoms with Gasteiger partial charge in [-0.25, -0.2) is 4.98 Å². The van der Waals surface area contributed by atoms with Gasteiger partial charge in [0.25, 0.3) is 0 Å². The van der Waals surface area contributed by atoms with Crippen molar-refractivity contribution in [1.29, 1.82) is 0 Å². The van der Waals surface area contributed by atoms with E-state index in [2.05, 4.69) is 63.0 Å². The Morgan fingerprint density at radius 2 is 2.00 bits per heavy atom. The summed E-state index contributed by atoms with van der Waals surface area (Å²) in [5, 5.41) is 0.621. The third-order valence-electron chi connectivity index (χ3n) is 3.89. The number of nitrogen functional groups attached to an aromatic ring is 1. The van der Waals surface area contributed by atoms with E-state index in [1.807, 2.05) is 0 Å². The number of halogens is 1. The minimum absolute atomic E-state index is 0.621. The van der Waals surface area contributed by atoms with Crippen LogP contribution in [0.4, 0.5) is 5.13 Å². The van der Waals surface area contributed by atoms with Crippen molar-refractivity contribution in [2.24, 2.45) is 0 Å². The molecule has 0 radical (unpaired) electrons. The predicted octanol–water partition coefficient (Wildman–Crippen LogP) is 4.22. The first kappa shape index (κ1) is 16.5. The maximum absolute atomic E-state index is 5.78. The molecule has 0 aliphatic carbocycles. The van der Waals surface area contributed by atoms with Crippen molar-refractivity contribution in [3.8, 4) is 0 Å². The number of aryl methyl sites for hydroxylation is 2. The third kappa shape index (κ3) is 4.32. The highest BCUT2D eigenvalue weighted by Gasteiger charge is 2.15. The number of anilines is 1. The Balaban J connectivity index is 1.72. The summed E-state index contributed by atoms with van der Waals surface area (Å²) in [5.41, 5.74) is 10.8. The Hall–Kier alpha value is -1.40. The van der Waals surface area contributed by atoms with Crippen LogP contribution in [0, 0.1) is 13.8 Å². The molecule has 1 aliphatic rings. The van der Waals surface area contributed by atoms with E-state index in [9.17, 15) is 0 Å². The van der Waals surface area contributed by atoms with Crippen molar-refractivity contribution in [1.82, 2.24) is 14.9 Å². The Bertz CT molecular complexity index is 718. The largest absolute Gasteiger partial charge is 0.375 e. The van der Waals surface area contributed by atoms with Crippen molar-refractivity contribution in [3.63, 3.8) is 0 Å². The fourth-order valence-corrected chi connectivity index (χ4v) is 4.50. The zero-order chi connectivity index (χ0) is 16.4. The van der Waals surface area contributed by atoms with E-state index in [0.717, 1.165) is 35.5 Å². The maximum atomic E-state index is 5.78. The van der Waals surface area contributed by atoms with E-state index >= 15 is 0 Å². The average molecular weight is 393 g/mol. The number of nitrogens with zero attached hydrogens (tertiary/aromatic N) is 3. The predicted molar refractivity (Wildman–Crippen MR) is 99.4 cm³/mol. The molecule has 122 valence electrons. The zero-order valence-electron chi connectivity index (χ0n) is 13.5. The molecule has 0 aromatic carbocycles. The molecule has 0 fully saturated rings. The van der Waals surface area contributed by atoms with Crippen LogP contribution in [0.15, 0.2) is 28.5 Å². The standard InChI is InChI=1S/C17H21BrN4S/c1-11-6-14(7-12(2)20-11)8-13-4-3-5-22(9-13)10-15-16(18)21-17(19)23-15/h6-7,9H,3-5,8,10H2,1-2H3,(H2,19,21). The second kappa shape index (κ2) is 7.01. The van der Waals surface area contributed by atoms with Crippen molar-refractivity contribution in [3.05, 3.63) is 50.3 Å². The number of hydrogen-bond acceptors (Lipinski definition) is 5. The summed E-state index contributed by atoms with van der Waals surface area (Å²) in [6.45, 7) is 6.07. The average Bonchev–Trinajstić information content (AvgIpc) is 2.76. The molecule has 23 heavy (non-hydrogen) atoms. The van der Waals surface area contributed by atoms with Crippen molar-refractivity contribution < 1.29 is 0 Å². The number of allylic oxidation sites excluding steroid dienone is 1. The maximum Gasteiger partial charge on any atom is 0.181 e. The molecule has 4 nitrogen and oxygen atoms in total. The topological polar surface area (TPSA) is 55.0 Å². The highest BCUT2D eigenvalue weighted by molar-refractivity contribution is 9.10. The van der Waals surface area contributed by atoms with E-state index < -0.39 is 0 Å². The van der Waals surface area contributed by atoms with Crippen LogP contribution < -0.4 is 5.73 Å². The first-order valence-corrected chi connectivity index (χ1v) is 9.39. The van der Waals surface area contributed by atoms with Gasteiger partial charge in [0, 0.05) is 17.9 Å². The van der Waals surface area contributed by atoms with Gasteiger partial charge in [-0.2, -0.15) is 0 Å². The quantitative estimate of drug-likeness (QED) is 0.845. The van der Waals surface area contributed by atoms with Gasteiger partial charge in [-0.3, -0.25) is 4.98 Å². The van der Waals surface area contributed by atoms with Crippen molar-refractivity contribution in [2.75, 3.05) is 12.3 Å². The molecule has 2 aromatic rings. The van der Waals surface area contributed by atoms with Gasteiger partial charge in [-0.05, 0) is 78.5 Å². The molecule has 0 saturated carbocycles. The van der Waals surface area contributed by atoms with E-state index in [0.29, 0.717) is 5.13 Å². The molecule has 0 spiro atoms. The van der Waals surface area contributed by atoms with Gasteiger partial charge in [0.2, 0.25) is 0 Å². The Morgan fingerprint density at radius 3 is 2.65 bits per heavy atom. The Morgan fingerprint density at radius 1 is 1.26 bits per heavy atom. The van der Waals surface area contributed by atoms with Gasteiger partial charge >= 0.3 is 0 Å². The number of thiazole rings is 1. The lowest BCUT2D eigenvalue weighted by Crippen LogP contribution is -2.22. The molecule has 0 atom stereocenters. The summed E-state index contributed by atoms with van der Waals surface area (Å²) >= 11 is 5.05. The van der Waals surface area contributed by atoms with E-state index in [-0.39, 0.29) is 0 Å². The highest BCUT2D eigenvalue weighted by atomic mass is 79.9. The SMILES string of the molecule is Cc1cc(CC2=CN(Cc3sc(N)nc3Br)CCC2)cc(C)n1. The van der Waals surface area contributed by atoms with Crippen LogP contribution in [-0.4, -0.2) is 21.4 Å². The molecule has 0 unspecified atom stereocenters. The van der Waals surface area contributed by atoms with Gasteiger partial charge in [0.1, 0.15) is 4.60 Å². The van der Waals surface area contributed by atoms with Crippen LogP contribution in [0.2, 0.25) is 0 Å². The van der Waals surface area contributed by atoms with Crippen molar-refractivity contribution >= 4 is 32.4 Å². The van der Waals surface area contributed by atoms with E-state index in [1.165, 1.54) is 28.9 Å². The lowest BCUT2D eigenvalue weighted by atomic mass is 9.99. The molecule has 2 aromatic heterocycles. The third-order valence-corrected chi connectivity index (χ3v) is 5.68. The molecule has 0 amide bonds. The van der Waals surface area contributed by atoms with Gasteiger partial charge < -0.3 is 10.6 Å². The zero-order valence-corrected chi connectivity index (χ0v) is 15.9. The smallest absolute Gasteiger partial charge is 0.181 e. The molecule has 6 heteroatoms. The second-order valence-corrected chi connectivity index (χ2v) is 7.93. The number of hydrogen-bond donors (Lipinski definition) is 1. The second-order valence-electron chi connectivity index (χ2n) is 6.06.